The van der Waals surface area contributed by atoms with E-state index in [-0.39, 0.29) is 6.04 Å². The van der Waals surface area contributed by atoms with Crippen molar-refractivity contribution in [3.8, 4) is 0 Å². The first-order chi connectivity index (χ1) is 8.99. The molecular formula is C14H20ClNO3. The quantitative estimate of drug-likeness (QED) is 0.816. The molecule has 1 atom stereocenters. The zero-order valence-electron chi connectivity index (χ0n) is 11.7. The maximum absolute atomic E-state index is 11.6. The van der Waals surface area contributed by atoms with E-state index in [1.54, 1.807) is 19.2 Å². The molecule has 0 aliphatic heterocycles. The Balaban J connectivity index is 2.92. The van der Waals surface area contributed by atoms with Crippen LogP contribution in [0.3, 0.4) is 0 Å². The van der Waals surface area contributed by atoms with Crippen LogP contribution < -0.4 is 5.32 Å². The van der Waals surface area contributed by atoms with Crippen LogP contribution in [0.5, 0.6) is 0 Å². The van der Waals surface area contributed by atoms with Crippen LogP contribution in [0.15, 0.2) is 18.2 Å². The normalized spacial score (nSPS) is 12.3. The molecule has 1 aromatic rings. The van der Waals surface area contributed by atoms with Gasteiger partial charge in [-0.1, -0.05) is 25.4 Å². The van der Waals surface area contributed by atoms with Crippen molar-refractivity contribution < 1.29 is 14.3 Å². The van der Waals surface area contributed by atoms with E-state index in [4.69, 9.17) is 21.1 Å². The minimum Gasteiger partial charge on any atom is -0.465 e. The van der Waals surface area contributed by atoms with Gasteiger partial charge in [-0.05, 0) is 24.1 Å². The molecule has 5 heteroatoms. The molecule has 4 nitrogen and oxygen atoms in total. The monoisotopic (exact) mass is 285 g/mol. The molecule has 0 saturated heterocycles. The number of halogens is 1. The molecule has 0 saturated carbocycles. The first kappa shape index (κ1) is 15.8. The van der Waals surface area contributed by atoms with E-state index in [0.29, 0.717) is 23.1 Å². The molecule has 0 fully saturated rings. The number of ether oxygens (including phenoxy) is 2. The van der Waals surface area contributed by atoms with Crippen molar-refractivity contribution in [3.05, 3.63) is 28.8 Å². The molecule has 0 spiro atoms. The molecule has 0 heterocycles. The van der Waals surface area contributed by atoms with Gasteiger partial charge in [0.15, 0.2) is 0 Å². The van der Waals surface area contributed by atoms with Crippen molar-refractivity contribution in [2.75, 3.05) is 26.1 Å². The first-order valence-corrected chi connectivity index (χ1v) is 6.50. The third-order valence-corrected chi connectivity index (χ3v) is 3.20. The summed E-state index contributed by atoms with van der Waals surface area (Å²) in [6, 6.07) is 5.37. The average Bonchev–Trinajstić information content (AvgIpc) is 2.39. The van der Waals surface area contributed by atoms with Gasteiger partial charge in [-0.3, -0.25) is 0 Å². The van der Waals surface area contributed by atoms with E-state index in [9.17, 15) is 4.79 Å². The van der Waals surface area contributed by atoms with Gasteiger partial charge in [-0.15, -0.1) is 0 Å². The highest BCUT2D eigenvalue weighted by Crippen LogP contribution is 2.22. The molecule has 1 aromatic carbocycles. The Morgan fingerprint density at radius 2 is 2.05 bits per heavy atom. The molecule has 0 aliphatic rings. The van der Waals surface area contributed by atoms with E-state index >= 15 is 0 Å². The fraction of sp³-hybridized carbons (Fsp3) is 0.500. The number of carbonyl (C=O) groups excluding carboxylic acids is 1. The molecule has 1 rings (SSSR count). The van der Waals surface area contributed by atoms with Gasteiger partial charge in [0, 0.05) is 12.8 Å². The number of nitrogens with one attached hydrogen (secondary N) is 1. The van der Waals surface area contributed by atoms with Crippen LogP contribution in [-0.2, 0) is 9.47 Å². The third kappa shape index (κ3) is 4.40. The second-order valence-corrected chi connectivity index (χ2v) is 5.04. The van der Waals surface area contributed by atoms with Crippen molar-refractivity contribution in [2.45, 2.75) is 19.9 Å². The molecular weight excluding hydrogens is 266 g/mol. The molecule has 106 valence electrons. The van der Waals surface area contributed by atoms with Crippen molar-refractivity contribution in [1.82, 2.24) is 0 Å². The summed E-state index contributed by atoms with van der Waals surface area (Å²) in [5, 5.41) is 3.71. The zero-order valence-corrected chi connectivity index (χ0v) is 12.5. The van der Waals surface area contributed by atoms with E-state index in [0.717, 1.165) is 5.69 Å². The minimum atomic E-state index is -0.443. The summed E-state index contributed by atoms with van der Waals surface area (Å²) < 4.78 is 9.88. The summed E-state index contributed by atoms with van der Waals surface area (Å²) in [5.41, 5.74) is 1.18. The van der Waals surface area contributed by atoms with E-state index in [1.807, 2.05) is 6.07 Å². The van der Waals surface area contributed by atoms with Crippen LogP contribution in [-0.4, -0.2) is 32.8 Å². The Labute approximate surface area is 119 Å². The lowest BCUT2D eigenvalue weighted by Crippen LogP contribution is -2.30. The van der Waals surface area contributed by atoms with Crippen LogP contribution in [0.25, 0.3) is 0 Å². The average molecular weight is 286 g/mol. The topological polar surface area (TPSA) is 47.6 Å². The van der Waals surface area contributed by atoms with Crippen molar-refractivity contribution in [3.63, 3.8) is 0 Å². The lowest BCUT2D eigenvalue weighted by molar-refractivity contribution is 0.0601. The third-order valence-electron chi connectivity index (χ3n) is 2.87. The van der Waals surface area contributed by atoms with Gasteiger partial charge in [-0.25, -0.2) is 4.79 Å². The van der Waals surface area contributed by atoms with Crippen molar-refractivity contribution in [2.24, 2.45) is 5.92 Å². The lowest BCUT2D eigenvalue weighted by Gasteiger charge is -2.23. The fourth-order valence-electron chi connectivity index (χ4n) is 1.68. The Kier molecular flexibility index (Phi) is 6.12. The first-order valence-electron chi connectivity index (χ1n) is 6.13. The Morgan fingerprint density at radius 3 is 2.58 bits per heavy atom. The molecule has 0 amide bonds. The fourth-order valence-corrected chi connectivity index (χ4v) is 1.87. The highest BCUT2D eigenvalue weighted by molar-refractivity contribution is 6.33. The van der Waals surface area contributed by atoms with Crippen LogP contribution in [0.2, 0.25) is 5.02 Å². The molecule has 0 bridgehead atoms. The van der Waals surface area contributed by atoms with E-state index in [1.165, 1.54) is 7.11 Å². The lowest BCUT2D eigenvalue weighted by atomic mass is 10.0. The number of carbonyl (C=O) groups is 1. The maximum atomic E-state index is 11.6. The van der Waals surface area contributed by atoms with Crippen LogP contribution in [0.1, 0.15) is 24.2 Å². The Hall–Kier alpha value is -1.26. The summed E-state index contributed by atoms with van der Waals surface area (Å²) in [4.78, 5) is 11.6. The van der Waals surface area contributed by atoms with E-state index in [2.05, 4.69) is 19.2 Å². The summed E-state index contributed by atoms with van der Waals surface area (Å²) in [6.45, 7) is 4.80. The van der Waals surface area contributed by atoms with Crippen molar-refractivity contribution >= 4 is 23.3 Å². The van der Waals surface area contributed by atoms with Crippen molar-refractivity contribution in [1.29, 1.82) is 0 Å². The van der Waals surface area contributed by atoms with E-state index < -0.39 is 5.97 Å². The molecule has 0 radical (unpaired) electrons. The van der Waals surface area contributed by atoms with Gasteiger partial charge in [0.2, 0.25) is 0 Å². The number of esters is 1. The number of benzene rings is 1. The summed E-state index contributed by atoms with van der Waals surface area (Å²) in [6.07, 6.45) is 0. The second kappa shape index (κ2) is 7.36. The van der Waals surface area contributed by atoms with Crippen LogP contribution in [0, 0.1) is 5.92 Å². The number of hydrogen-bond donors (Lipinski definition) is 1. The van der Waals surface area contributed by atoms with Gasteiger partial charge in [0.25, 0.3) is 0 Å². The summed E-state index contributed by atoms with van der Waals surface area (Å²) >= 11 is 5.98. The highest BCUT2D eigenvalue weighted by atomic mass is 35.5. The van der Waals surface area contributed by atoms with Crippen LogP contribution >= 0.6 is 11.6 Å². The maximum Gasteiger partial charge on any atom is 0.339 e. The predicted octanol–water partition coefficient (Wildman–Crippen LogP) is 3.21. The van der Waals surface area contributed by atoms with Crippen LogP contribution in [0.4, 0.5) is 5.69 Å². The number of rotatable bonds is 6. The second-order valence-electron chi connectivity index (χ2n) is 4.64. The molecule has 1 N–H and O–H groups in total. The number of anilines is 1. The highest BCUT2D eigenvalue weighted by Gasteiger charge is 2.15. The molecule has 1 unspecified atom stereocenters. The SMILES string of the molecule is COCC(Nc1ccc(Cl)c(C(=O)OC)c1)C(C)C. The summed E-state index contributed by atoms with van der Waals surface area (Å²) in [5.74, 6) is -0.0429. The Morgan fingerprint density at radius 1 is 1.37 bits per heavy atom. The minimum absolute atomic E-state index is 0.164. The zero-order chi connectivity index (χ0) is 14.4. The Bertz CT molecular complexity index is 435. The summed E-state index contributed by atoms with van der Waals surface area (Å²) in [7, 11) is 3.00. The largest absolute Gasteiger partial charge is 0.465 e. The molecule has 0 aliphatic carbocycles. The molecule has 0 aromatic heterocycles. The van der Waals surface area contributed by atoms with Gasteiger partial charge in [0.1, 0.15) is 0 Å². The van der Waals surface area contributed by atoms with Gasteiger partial charge >= 0.3 is 5.97 Å². The standard InChI is InChI=1S/C14H20ClNO3/c1-9(2)13(8-18-3)16-10-5-6-12(15)11(7-10)14(17)19-4/h5-7,9,13,16H,8H2,1-4H3. The number of methoxy groups -OCH3 is 2. The smallest absolute Gasteiger partial charge is 0.339 e. The van der Waals surface area contributed by atoms with Gasteiger partial charge in [-0.2, -0.15) is 0 Å². The molecule has 19 heavy (non-hydrogen) atoms. The predicted molar refractivity (Wildman–Crippen MR) is 76.9 cm³/mol. The number of hydrogen-bond acceptors (Lipinski definition) is 4. The van der Waals surface area contributed by atoms with Gasteiger partial charge < -0.3 is 14.8 Å². The van der Waals surface area contributed by atoms with Gasteiger partial charge in [0.05, 0.1) is 30.3 Å².